The first-order chi connectivity index (χ1) is 8.66. The van der Waals surface area contributed by atoms with Gasteiger partial charge in [0.25, 0.3) is 0 Å². The van der Waals surface area contributed by atoms with E-state index in [0.29, 0.717) is 12.5 Å². The second kappa shape index (κ2) is 6.03. The first kappa shape index (κ1) is 13.1. The van der Waals surface area contributed by atoms with Gasteiger partial charge < -0.3 is 10.4 Å². The van der Waals surface area contributed by atoms with Gasteiger partial charge in [0, 0.05) is 17.1 Å². The molecular weight excluding hydrogens is 242 g/mol. The number of rotatable bonds is 5. The van der Waals surface area contributed by atoms with E-state index in [9.17, 15) is 5.11 Å². The van der Waals surface area contributed by atoms with Gasteiger partial charge in [0.2, 0.25) is 0 Å². The van der Waals surface area contributed by atoms with Gasteiger partial charge in [-0.1, -0.05) is 32.0 Å². The Balaban J connectivity index is 1.96. The average molecular weight is 261 g/mol. The minimum Gasteiger partial charge on any atom is -0.386 e. The Kier molecular flexibility index (Phi) is 4.39. The van der Waals surface area contributed by atoms with E-state index in [2.05, 4.69) is 37.4 Å². The van der Waals surface area contributed by atoms with Crippen LogP contribution in [0.15, 0.2) is 41.8 Å². The zero-order valence-corrected chi connectivity index (χ0v) is 11.6. The molecule has 0 aliphatic heterocycles. The van der Waals surface area contributed by atoms with E-state index in [-0.39, 0.29) is 0 Å². The maximum atomic E-state index is 10.00. The fraction of sp³-hybridized carbons (Fsp3) is 0.333. The standard InChI is InChI=1S/C15H19NOS/c1-11(2)12-5-3-6-13(9-12)16-10-14(17)15-7-4-8-18-15/h3-9,11,14,16-17H,10H2,1-2H3. The molecule has 2 N–H and O–H groups in total. The lowest BCUT2D eigenvalue weighted by Crippen LogP contribution is -2.11. The molecule has 2 nitrogen and oxygen atoms in total. The van der Waals surface area contributed by atoms with Crippen LogP contribution in [0.4, 0.5) is 5.69 Å². The van der Waals surface area contributed by atoms with Crippen LogP contribution in [0.5, 0.6) is 0 Å². The van der Waals surface area contributed by atoms with Gasteiger partial charge in [0.1, 0.15) is 6.10 Å². The summed E-state index contributed by atoms with van der Waals surface area (Å²) in [5.41, 5.74) is 2.38. The molecule has 1 atom stereocenters. The normalized spacial score (nSPS) is 12.7. The minimum atomic E-state index is -0.437. The molecular formula is C15H19NOS. The molecule has 1 aromatic heterocycles. The largest absolute Gasteiger partial charge is 0.386 e. The first-order valence-electron chi connectivity index (χ1n) is 6.22. The molecule has 0 bridgehead atoms. The highest BCUT2D eigenvalue weighted by atomic mass is 32.1. The SMILES string of the molecule is CC(C)c1cccc(NCC(O)c2cccs2)c1. The van der Waals surface area contributed by atoms with Crippen molar-refractivity contribution in [3.63, 3.8) is 0 Å². The van der Waals surface area contributed by atoms with Crippen LogP contribution in [-0.2, 0) is 0 Å². The number of thiophene rings is 1. The summed E-state index contributed by atoms with van der Waals surface area (Å²) in [6.07, 6.45) is -0.437. The van der Waals surface area contributed by atoms with E-state index in [1.54, 1.807) is 11.3 Å². The summed E-state index contributed by atoms with van der Waals surface area (Å²) in [4.78, 5) is 1.00. The maximum Gasteiger partial charge on any atom is 0.105 e. The van der Waals surface area contributed by atoms with E-state index < -0.39 is 6.10 Å². The van der Waals surface area contributed by atoms with Crippen LogP contribution in [0.3, 0.4) is 0 Å². The molecule has 18 heavy (non-hydrogen) atoms. The smallest absolute Gasteiger partial charge is 0.105 e. The van der Waals surface area contributed by atoms with E-state index >= 15 is 0 Å². The van der Waals surface area contributed by atoms with Crippen LogP contribution >= 0.6 is 11.3 Å². The maximum absolute atomic E-state index is 10.00. The molecule has 3 heteroatoms. The summed E-state index contributed by atoms with van der Waals surface area (Å²) in [5, 5.41) is 15.3. The monoisotopic (exact) mass is 261 g/mol. The third-order valence-electron chi connectivity index (χ3n) is 2.92. The van der Waals surface area contributed by atoms with Gasteiger partial charge in [-0.2, -0.15) is 0 Å². The first-order valence-corrected chi connectivity index (χ1v) is 7.10. The van der Waals surface area contributed by atoms with Crippen molar-refractivity contribution < 1.29 is 5.11 Å². The molecule has 0 spiro atoms. The van der Waals surface area contributed by atoms with E-state index in [1.165, 1.54) is 5.56 Å². The summed E-state index contributed by atoms with van der Waals surface area (Å²) < 4.78 is 0. The van der Waals surface area contributed by atoms with Crippen molar-refractivity contribution in [2.75, 3.05) is 11.9 Å². The molecule has 2 rings (SSSR count). The van der Waals surface area contributed by atoms with Crippen molar-refractivity contribution in [3.8, 4) is 0 Å². The summed E-state index contributed by atoms with van der Waals surface area (Å²) in [6.45, 7) is 4.90. The molecule has 0 amide bonds. The Hall–Kier alpha value is -1.32. The second-order valence-electron chi connectivity index (χ2n) is 4.69. The van der Waals surface area contributed by atoms with Crippen molar-refractivity contribution in [2.45, 2.75) is 25.9 Å². The molecule has 0 radical (unpaired) electrons. The minimum absolute atomic E-state index is 0.437. The fourth-order valence-corrected chi connectivity index (χ4v) is 2.52. The third-order valence-corrected chi connectivity index (χ3v) is 3.90. The van der Waals surface area contributed by atoms with E-state index in [0.717, 1.165) is 10.6 Å². The zero-order chi connectivity index (χ0) is 13.0. The number of hydrogen-bond acceptors (Lipinski definition) is 3. The second-order valence-corrected chi connectivity index (χ2v) is 5.67. The lowest BCUT2D eigenvalue weighted by molar-refractivity contribution is 0.195. The number of aliphatic hydroxyl groups excluding tert-OH is 1. The van der Waals surface area contributed by atoms with E-state index in [4.69, 9.17) is 0 Å². The van der Waals surface area contributed by atoms with Gasteiger partial charge in [-0.3, -0.25) is 0 Å². The third kappa shape index (κ3) is 3.34. The number of nitrogens with one attached hydrogen (secondary N) is 1. The Morgan fingerprint density at radius 2 is 2.06 bits per heavy atom. The molecule has 0 aliphatic rings. The Morgan fingerprint density at radius 1 is 1.22 bits per heavy atom. The van der Waals surface area contributed by atoms with Gasteiger partial charge >= 0.3 is 0 Å². The lowest BCUT2D eigenvalue weighted by Gasteiger charge is -2.13. The number of aliphatic hydroxyl groups is 1. The van der Waals surface area contributed by atoms with Crippen LogP contribution < -0.4 is 5.32 Å². The van der Waals surface area contributed by atoms with Gasteiger partial charge in [-0.15, -0.1) is 11.3 Å². The predicted octanol–water partition coefficient (Wildman–Crippen LogP) is 4.02. The summed E-state index contributed by atoms with van der Waals surface area (Å²) in [5.74, 6) is 0.522. The molecule has 1 heterocycles. The molecule has 0 saturated heterocycles. The summed E-state index contributed by atoms with van der Waals surface area (Å²) in [6, 6.07) is 12.3. The fourth-order valence-electron chi connectivity index (χ4n) is 1.80. The van der Waals surface area contributed by atoms with Crippen molar-refractivity contribution in [2.24, 2.45) is 0 Å². The van der Waals surface area contributed by atoms with Crippen molar-refractivity contribution in [1.29, 1.82) is 0 Å². The molecule has 0 fully saturated rings. The molecule has 2 aromatic rings. The van der Waals surface area contributed by atoms with Crippen LogP contribution in [0.25, 0.3) is 0 Å². The quantitative estimate of drug-likeness (QED) is 0.852. The Labute approximate surface area is 112 Å². The summed E-state index contributed by atoms with van der Waals surface area (Å²) >= 11 is 1.58. The highest BCUT2D eigenvalue weighted by Gasteiger charge is 2.08. The van der Waals surface area contributed by atoms with Gasteiger partial charge in [0.15, 0.2) is 0 Å². The zero-order valence-electron chi connectivity index (χ0n) is 10.8. The van der Waals surface area contributed by atoms with Crippen molar-refractivity contribution in [3.05, 3.63) is 52.2 Å². The van der Waals surface area contributed by atoms with Gasteiger partial charge in [-0.05, 0) is 35.1 Å². The average Bonchev–Trinajstić information content (AvgIpc) is 2.90. The van der Waals surface area contributed by atoms with Crippen LogP contribution in [-0.4, -0.2) is 11.7 Å². The highest BCUT2D eigenvalue weighted by molar-refractivity contribution is 7.10. The Bertz CT molecular complexity index is 479. The van der Waals surface area contributed by atoms with Crippen molar-refractivity contribution >= 4 is 17.0 Å². The van der Waals surface area contributed by atoms with Crippen LogP contribution in [0.1, 0.15) is 36.3 Å². The number of anilines is 1. The molecule has 1 aromatic carbocycles. The van der Waals surface area contributed by atoms with E-state index in [1.807, 2.05) is 23.6 Å². The lowest BCUT2D eigenvalue weighted by atomic mass is 10.0. The van der Waals surface area contributed by atoms with Crippen molar-refractivity contribution in [1.82, 2.24) is 0 Å². The van der Waals surface area contributed by atoms with Gasteiger partial charge in [0.05, 0.1) is 0 Å². The predicted molar refractivity (Wildman–Crippen MR) is 78.3 cm³/mol. The molecule has 0 aliphatic carbocycles. The van der Waals surface area contributed by atoms with Crippen LogP contribution in [0, 0.1) is 0 Å². The summed E-state index contributed by atoms with van der Waals surface area (Å²) in [7, 11) is 0. The van der Waals surface area contributed by atoms with Gasteiger partial charge in [-0.25, -0.2) is 0 Å². The molecule has 0 saturated carbocycles. The van der Waals surface area contributed by atoms with Crippen LogP contribution in [0.2, 0.25) is 0 Å². The highest BCUT2D eigenvalue weighted by Crippen LogP contribution is 2.21. The molecule has 1 unspecified atom stereocenters. The Morgan fingerprint density at radius 3 is 2.72 bits per heavy atom. The number of benzene rings is 1. The number of hydrogen-bond donors (Lipinski definition) is 2. The molecule has 96 valence electrons. The topological polar surface area (TPSA) is 32.3 Å².